The Morgan fingerprint density at radius 1 is 1.50 bits per heavy atom. The first-order chi connectivity index (χ1) is 5.63. The van der Waals surface area contributed by atoms with Gasteiger partial charge in [0.25, 0.3) is 0 Å². The van der Waals surface area contributed by atoms with Crippen LogP contribution in [0.1, 0.15) is 6.42 Å². The molecule has 0 saturated heterocycles. The fraction of sp³-hybridized carbons (Fsp3) is 0.857. The lowest BCUT2D eigenvalue weighted by Gasteiger charge is -2.23. The molecule has 0 aliphatic rings. The molecule has 12 heavy (non-hydrogen) atoms. The molecule has 0 aromatic carbocycles. The van der Waals surface area contributed by atoms with Gasteiger partial charge in [0.1, 0.15) is 0 Å². The van der Waals surface area contributed by atoms with Crippen molar-refractivity contribution >= 4 is 5.91 Å². The number of carbonyl (C=O) groups is 1. The first kappa shape index (κ1) is 11.4. The molecule has 0 spiro atoms. The Labute approximate surface area is 71.8 Å². The van der Waals surface area contributed by atoms with E-state index in [1.807, 2.05) is 0 Å². The van der Waals surface area contributed by atoms with Gasteiger partial charge in [0.05, 0.1) is 12.6 Å². The smallest absolute Gasteiger partial charge is 0.234 e. The lowest BCUT2D eigenvalue weighted by molar-refractivity contribution is -0.123. The van der Waals surface area contributed by atoms with Crippen LogP contribution in [0.25, 0.3) is 0 Å². The Hall–Kier alpha value is -0.650. The first-order valence-corrected chi connectivity index (χ1v) is 3.84. The number of amides is 1. The monoisotopic (exact) mass is 176 g/mol. The highest BCUT2D eigenvalue weighted by Crippen LogP contribution is 1.99. The van der Waals surface area contributed by atoms with Gasteiger partial charge in [-0.3, -0.25) is 9.69 Å². The van der Waals surface area contributed by atoms with Gasteiger partial charge in [-0.2, -0.15) is 0 Å². The van der Waals surface area contributed by atoms with E-state index in [9.17, 15) is 4.79 Å². The Morgan fingerprint density at radius 3 is 2.42 bits per heavy atom. The second-order valence-electron chi connectivity index (χ2n) is 2.63. The maximum Gasteiger partial charge on any atom is 0.234 e. The fourth-order valence-electron chi connectivity index (χ4n) is 1.02. The van der Waals surface area contributed by atoms with E-state index in [1.54, 1.807) is 11.9 Å². The largest absolute Gasteiger partial charge is 0.396 e. The first-order valence-electron chi connectivity index (χ1n) is 3.84. The van der Waals surface area contributed by atoms with Crippen LogP contribution in [0.5, 0.6) is 0 Å². The molecule has 0 heterocycles. The summed E-state index contributed by atoms with van der Waals surface area (Å²) in [6.07, 6.45) is 0.311. The van der Waals surface area contributed by atoms with Crippen LogP contribution in [-0.2, 0) is 4.79 Å². The zero-order valence-corrected chi connectivity index (χ0v) is 7.23. The van der Waals surface area contributed by atoms with Crippen molar-refractivity contribution in [2.75, 3.05) is 26.8 Å². The van der Waals surface area contributed by atoms with Crippen molar-refractivity contribution in [3.8, 4) is 0 Å². The van der Waals surface area contributed by atoms with Gasteiger partial charge in [0.15, 0.2) is 0 Å². The average Bonchev–Trinajstić information content (AvgIpc) is 1.99. The van der Waals surface area contributed by atoms with Crippen LogP contribution < -0.4 is 5.73 Å². The van der Waals surface area contributed by atoms with E-state index in [1.165, 1.54) is 0 Å². The summed E-state index contributed by atoms with van der Waals surface area (Å²) >= 11 is 0. The molecule has 1 amide bonds. The second-order valence-corrected chi connectivity index (χ2v) is 2.63. The molecule has 0 fully saturated rings. The maximum atomic E-state index is 10.8. The number of carbonyl (C=O) groups excluding carboxylic acids is 1. The standard InChI is InChI=1S/C7H16N2O3/c1-9(3-5-11)6(2-4-10)7(8)12/h6,10-11H,2-5H2,1H3,(H2,8,12). The summed E-state index contributed by atoms with van der Waals surface area (Å²) in [5.41, 5.74) is 5.08. The molecule has 0 aliphatic carbocycles. The van der Waals surface area contributed by atoms with Crippen LogP contribution in [0.4, 0.5) is 0 Å². The van der Waals surface area contributed by atoms with Gasteiger partial charge in [0, 0.05) is 13.2 Å². The highest BCUT2D eigenvalue weighted by molar-refractivity contribution is 5.79. The minimum Gasteiger partial charge on any atom is -0.396 e. The molecule has 0 saturated carbocycles. The molecule has 0 radical (unpaired) electrons. The summed E-state index contributed by atoms with van der Waals surface area (Å²) < 4.78 is 0. The Kier molecular flexibility index (Phi) is 5.61. The Balaban J connectivity index is 3.99. The Morgan fingerprint density at radius 2 is 2.08 bits per heavy atom. The van der Waals surface area contributed by atoms with E-state index in [2.05, 4.69) is 0 Å². The number of hydrogen-bond donors (Lipinski definition) is 3. The van der Waals surface area contributed by atoms with E-state index in [0.29, 0.717) is 13.0 Å². The molecule has 72 valence electrons. The molecule has 0 aliphatic heterocycles. The van der Waals surface area contributed by atoms with Gasteiger partial charge >= 0.3 is 0 Å². The number of likely N-dealkylation sites (N-methyl/N-ethyl adjacent to an activating group) is 1. The molecule has 0 bridgehead atoms. The van der Waals surface area contributed by atoms with Crippen molar-refractivity contribution in [2.24, 2.45) is 5.73 Å². The molecule has 0 rings (SSSR count). The molecule has 0 aromatic heterocycles. The van der Waals surface area contributed by atoms with Crippen molar-refractivity contribution in [1.29, 1.82) is 0 Å². The summed E-state index contributed by atoms with van der Waals surface area (Å²) in [5, 5.41) is 17.2. The molecule has 0 aromatic rings. The van der Waals surface area contributed by atoms with E-state index >= 15 is 0 Å². The van der Waals surface area contributed by atoms with Crippen LogP contribution >= 0.6 is 0 Å². The van der Waals surface area contributed by atoms with Gasteiger partial charge in [0.2, 0.25) is 5.91 Å². The number of hydrogen-bond acceptors (Lipinski definition) is 4. The number of rotatable bonds is 6. The zero-order chi connectivity index (χ0) is 9.56. The van der Waals surface area contributed by atoms with Crippen molar-refractivity contribution < 1.29 is 15.0 Å². The van der Waals surface area contributed by atoms with Crippen LogP contribution in [0.15, 0.2) is 0 Å². The van der Waals surface area contributed by atoms with E-state index in [4.69, 9.17) is 15.9 Å². The summed E-state index contributed by atoms with van der Waals surface area (Å²) in [7, 11) is 1.68. The van der Waals surface area contributed by atoms with Gasteiger partial charge in [-0.05, 0) is 13.5 Å². The lowest BCUT2D eigenvalue weighted by Crippen LogP contribution is -2.44. The average molecular weight is 176 g/mol. The van der Waals surface area contributed by atoms with E-state index in [0.717, 1.165) is 0 Å². The fourth-order valence-corrected chi connectivity index (χ4v) is 1.02. The normalized spacial score (nSPS) is 13.3. The van der Waals surface area contributed by atoms with Gasteiger partial charge < -0.3 is 15.9 Å². The van der Waals surface area contributed by atoms with Crippen LogP contribution in [-0.4, -0.2) is 53.9 Å². The third kappa shape index (κ3) is 3.66. The molecule has 5 heteroatoms. The highest BCUT2D eigenvalue weighted by Gasteiger charge is 2.18. The predicted molar refractivity (Wildman–Crippen MR) is 44.4 cm³/mol. The molecule has 1 atom stereocenters. The van der Waals surface area contributed by atoms with Crippen LogP contribution in [0, 0.1) is 0 Å². The van der Waals surface area contributed by atoms with Gasteiger partial charge in [-0.25, -0.2) is 0 Å². The summed E-state index contributed by atoms with van der Waals surface area (Å²) in [6.45, 7) is 0.280. The van der Waals surface area contributed by atoms with Gasteiger partial charge in [-0.15, -0.1) is 0 Å². The maximum absolute atomic E-state index is 10.8. The third-order valence-corrected chi connectivity index (χ3v) is 1.72. The minimum atomic E-state index is -0.484. The lowest BCUT2D eigenvalue weighted by atomic mass is 10.2. The quantitative estimate of drug-likeness (QED) is 0.443. The number of primary amides is 1. The SMILES string of the molecule is CN(CCO)C(CCO)C(N)=O. The van der Waals surface area contributed by atoms with E-state index < -0.39 is 11.9 Å². The number of aliphatic hydroxyl groups excluding tert-OH is 2. The number of aliphatic hydroxyl groups is 2. The zero-order valence-electron chi connectivity index (χ0n) is 7.23. The van der Waals surface area contributed by atoms with Crippen LogP contribution in [0.2, 0.25) is 0 Å². The topological polar surface area (TPSA) is 86.8 Å². The molecule has 5 nitrogen and oxygen atoms in total. The van der Waals surface area contributed by atoms with Crippen molar-refractivity contribution in [1.82, 2.24) is 4.90 Å². The predicted octanol–water partition coefficient (Wildman–Crippen LogP) is -1.85. The number of nitrogens with two attached hydrogens (primary N) is 1. The highest BCUT2D eigenvalue weighted by atomic mass is 16.3. The minimum absolute atomic E-state index is 0.0221. The number of nitrogens with zero attached hydrogens (tertiary/aromatic N) is 1. The molecular formula is C7H16N2O3. The molecule has 4 N–H and O–H groups in total. The third-order valence-electron chi connectivity index (χ3n) is 1.72. The molecular weight excluding hydrogens is 160 g/mol. The van der Waals surface area contributed by atoms with Crippen molar-refractivity contribution in [3.05, 3.63) is 0 Å². The van der Waals surface area contributed by atoms with Crippen LogP contribution in [0.3, 0.4) is 0 Å². The van der Waals surface area contributed by atoms with Crippen molar-refractivity contribution in [3.63, 3.8) is 0 Å². The van der Waals surface area contributed by atoms with Crippen molar-refractivity contribution in [2.45, 2.75) is 12.5 Å². The summed E-state index contributed by atoms with van der Waals surface area (Å²) in [6, 6.07) is -0.484. The molecule has 1 unspecified atom stereocenters. The second kappa shape index (κ2) is 5.93. The van der Waals surface area contributed by atoms with Gasteiger partial charge in [-0.1, -0.05) is 0 Å². The summed E-state index contributed by atoms with van der Waals surface area (Å²) in [5.74, 6) is -0.472. The van der Waals surface area contributed by atoms with E-state index in [-0.39, 0.29) is 13.2 Å². The summed E-state index contributed by atoms with van der Waals surface area (Å²) in [4.78, 5) is 12.4. The Bertz CT molecular complexity index is 141.